The molecular formula is C26H32ClN4O6+. The predicted molar refractivity (Wildman–Crippen MR) is 135 cm³/mol. The minimum Gasteiger partial charge on any atom is -0.480 e. The standard InChI is InChI=1S/C26H31ClN4O6/c1-30(26(13-5-4-12-22(26)32)19-9-2-3-10-20(19)27)25(36)37-17-31-15-7-8-18(16-31)23(33)29-21(24(34)35)11-6-14-28/h2-3,7-10,15-16,21H,4-6,11-14,17,28H2,1H3,(H-,29,33,34,35)/p+1/t21-,26?/m0/s1. The van der Waals surface area contributed by atoms with Crippen molar-refractivity contribution in [3.05, 3.63) is 64.9 Å². The van der Waals surface area contributed by atoms with E-state index in [0.29, 0.717) is 36.4 Å². The van der Waals surface area contributed by atoms with Gasteiger partial charge in [-0.1, -0.05) is 29.8 Å². The number of rotatable bonds is 10. The van der Waals surface area contributed by atoms with Crippen molar-refractivity contribution < 1.29 is 33.6 Å². The number of ether oxygens (including phenoxy) is 1. The van der Waals surface area contributed by atoms with Crippen LogP contribution in [0, 0.1) is 0 Å². The van der Waals surface area contributed by atoms with E-state index in [0.717, 1.165) is 12.8 Å². The van der Waals surface area contributed by atoms with Crippen LogP contribution in [0.5, 0.6) is 0 Å². The molecule has 11 heteroatoms. The number of pyridine rings is 1. The molecule has 1 aromatic carbocycles. The van der Waals surface area contributed by atoms with E-state index in [-0.39, 0.29) is 24.5 Å². The van der Waals surface area contributed by atoms with Gasteiger partial charge in [0.1, 0.15) is 17.1 Å². The van der Waals surface area contributed by atoms with Gasteiger partial charge >= 0.3 is 12.1 Å². The van der Waals surface area contributed by atoms with E-state index < -0.39 is 29.6 Å². The number of carboxylic acid groups (broad SMARTS) is 1. The van der Waals surface area contributed by atoms with Crippen molar-refractivity contribution in [1.82, 2.24) is 10.2 Å². The van der Waals surface area contributed by atoms with Gasteiger partial charge in [0.2, 0.25) is 0 Å². The molecule has 3 rings (SSSR count). The summed E-state index contributed by atoms with van der Waals surface area (Å²) in [6, 6.07) is 9.03. The molecule has 0 bridgehead atoms. The Balaban J connectivity index is 1.73. The number of likely N-dealkylation sites (N-methyl/N-ethyl adjacent to an activating group) is 1. The van der Waals surface area contributed by atoms with Crippen LogP contribution in [0.15, 0.2) is 48.8 Å². The first-order chi connectivity index (χ1) is 17.7. The fourth-order valence-corrected chi connectivity index (χ4v) is 4.86. The zero-order chi connectivity index (χ0) is 27.0. The van der Waals surface area contributed by atoms with Gasteiger partial charge in [0.15, 0.2) is 18.2 Å². The SMILES string of the molecule is CN(C(=O)OC[n+]1cccc(C(=O)N[C@@H](CCCN)C(=O)O)c1)C1(c2ccccc2Cl)CCCCC1=O. The number of ketones is 1. The van der Waals surface area contributed by atoms with Crippen molar-refractivity contribution in [3.8, 4) is 0 Å². The number of aliphatic carboxylic acids is 1. The van der Waals surface area contributed by atoms with E-state index in [1.807, 2.05) is 0 Å². The molecule has 4 N–H and O–H groups in total. The van der Waals surface area contributed by atoms with Crippen LogP contribution in [0.3, 0.4) is 0 Å². The fraction of sp³-hybridized carbons (Fsp3) is 0.423. The minimum atomic E-state index is -1.23. The highest BCUT2D eigenvalue weighted by atomic mass is 35.5. The zero-order valence-corrected chi connectivity index (χ0v) is 21.4. The van der Waals surface area contributed by atoms with Gasteiger partial charge in [0.05, 0.1) is 0 Å². The normalized spacial score (nSPS) is 18.1. The number of hydrogen-bond donors (Lipinski definition) is 3. The molecule has 0 aliphatic heterocycles. The summed E-state index contributed by atoms with van der Waals surface area (Å²) in [7, 11) is 1.52. The highest BCUT2D eigenvalue weighted by molar-refractivity contribution is 6.31. The summed E-state index contributed by atoms with van der Waals surface area (Å²) < 4.78 is 6.97. The Hall–Kier alpha value is -3.50. The van der Waals surface area contributed by atoms with Crippen LogP contribution in [-0.2, 0) is 26.6 Å². The summed E-state index contributed by atoms with van der Waals surface area (Å²) in [6.45, 7) is 0.0841. The number of carbonyl (C=O) groups is 4. The predicted octanol–water partition coefficient (Wildman–Crippen LogP) is 2.61. The first kappa shape index (κ1) is 28.1. The van der Waals surface area contributed by atoms with Crippen LogP contribution in [0.25, 0.3) is 0 Å². The molecule has 0 spiro atoms. The Labute approximate surface area is 220 Å². The quantitative estimate of drug-likeness (QED) is 0.400. The summed E-state index contributed by atoms with van der Waals surface area (Å²) in [6.07, 6.45) is 5.24. The summed E-state index contributed by atoms with van der Waals surface area (Å²) in [4.78, 5) is 51.7. The van der Waals surface area contributed by atoms with Crippen molar-refractivity contribution in [1.29, 1.82) is 0 Å². The van der Waals surface area contributed by atoms with E-state index >= 15 is 0 Å². The second kappa shape index (κ2) is 12.6. The van der Waals surface area contributed by atoms with Crippen molar-refractivity contribution in [2.45, 2.75) is 56.8 Å². The van der Waals surface area contributed by atoms with Crippen LogP contribution < -0.4 is 15.6 Å². The maximum absolute atomic E-state index is 13.2. The number of carboxylic acids is 1. The van der Waals surface area contributed by atoms with Crippen molar-refractivity contribution in [3.63, 3.8) is 0 Å². The average molecular weight is 532 g/mol. The van der Waals surface area contributed by atoms with Gasteiger partial charge in [-0.3, -0.25) is 14.5 Å². The second-order valence-corrected chi connectivity index (χ2v) is 9.38. The summed E-state index contributed by atoms with van der Waals surface area (Å²) >= 11 is 6.45. The number of nitrogens with two attached hydrogens (primary N) is 1. The molecule has 2 amide bonds. The van der Waals surface area contributed by atoms with Gasteiger partial charge < -0.3 is 20.9 Å². The average Bonchev–Trinajstić information content (AvgIpc) is 2.90. The molecule has 10 nitrogen and oxygen atoms in total. The molecule has 1 fully saturated rings. The number of carbonyl (C=O) groups excluding carboxylic acids is 3. The molecule has 37 heavy (non-hydrogen) atoms. The summed E-state index contributed by atoms with van der Waals surface area (Å²) in [5.74, 6) is -1.82. The van der Waals surface area contributed by atoms with E-state index in [1.165, 1.54) is 28.8 Å². The monoisotopic (exact) mass is 531 g/mol. The van der Waals surface area contributed by atoms with Gasteiger partial charge in [0.25, 0.3) is 12.6 Å². The van der Waals surface area contributed by atoms with Crippen molar-refractivity contribution in [2.75, 3.05) is 13.6 Å². The van der Waals surface area contributed by atoms with Gasteiger partial charge in [-0.2, -0.15) is 4.57 Å². The van der Waals surface area contributed by atoms with E-state index in [9.17, 15) is 24.3 Å². The molecular weight excluding hydrogens is 500 g/mol. The Bertz CT molecular complexity index is 1160. The van der Waals surface area contributed by atoms with Gasteiger partial charge in [-0.05, 0) is 50.8 Å². The molecule has 2 atom stereocenters. The number of halogens is 1. The Kier molecular flexibility index (Phi) is 9.60. The summed E-state index contributed by atoms with van der Waals surface area (Å²) in [5.41, 5.74) is 4.98. The largest absolute Gasteiger partial charge is 0.480 e. The van der Waals surface area contributed by atoms with Crippen LogP contribution >= 0.6 is 11.6 Å². The molecule has 1 saturated carbocycles. The number of benzene rings is 1. The molecule has 0 saturated heterocycles. The lowest BCUT2D eigenvalue weighted by molar-refractivity contribution is -0.727. The smallest absolute Gasteiger partial charge is 0.415 e. The number of amides is 2. The number of Topliss-reactive ketones (excluding diaryl/α,β-unsaturated/α-hetero) is 1. The van der Waals surface area contributed by atoms with Gasteiger partial charge in [0, 0.05) is 30.1 Å². The minimum absolute atomic E-state index is 0.0970. The third-order valence-corrected chi connectivity index (χ3v) is 6.91. The first-order valence-electron chi connectivity index (χ1n) is 12.1. The highest BCUT2D eigenvalue weighted by Crippen LogP contribution is 2.42. The number of hydrogen-bond acceptors (Lipinski definition) is 6. The molecule has 1 aliphatic rings. The zero-order valence-electron chi connectivity index (χ0n) is 20.7. The summed E-state index contributed by atoms with van der Waals surface area (Å²) in [5, 5.41) is 12.2. The van der Waals surface area contributed by atoms with Gasteiger partial charge in [-0.25, -0.2) is 9.59 Å². The van der Waals surface area contributed by atoms with Crippen LogP contribution in [0.1, 0.15) is 54.4 Å². The fourth-order valence-electron chi connectivity index (χ4n) is 4.57. The molecule has 1 heterocycles. The van der Waals surface area contributed by atoms with E-state index in [2.05, 4.69) is 5.32 Å². The van der Waals surface area contributed by atoms with Crippen LogP contribution in [0.4, 0.5) is 4.79 Å². The molecule has 1 aromatic heterocycles. The molecule has 1 unspecified atom stereocenters. The molecule has 198 valence electrons. The lowest BCUT2D eigenvalue weighted by atomic mass is 9.74. The first-order valence-corrected chi connectivity index (χ1v) is 12.5. The maximum atomic E-state index is 13.2. The Morgan fingerprint density at radius 1 is 1.24 bits per heavy atom. The second-order valence-electron chi connectivity index (χ2n) is 8.97. The topological polar surface area (TPSA) is 143 Å². The van der Waals surface area contributed by atoms with E-state index in [1.54, 1.807) is 36.5 Å². The third-order valence-electron chi connectivity index (χ3n) is 6.58. The van der Waals surface area contributed by atoms with Crippen LogP contribution in [-0.4, -0.2) is 53.4 Å². The number of nitrogens with one attached hydrogen (secondary N) is 1. The van der Waals surface area contributed by atoms with Crippen molar-refractivity contribution >= 4 is 35.4 Å². The van der Waals surface area contributed by atoms with Crippen molar-refractivity contribution in [2.24, 2.45) is 5.73 Å². The maximum Gasteiger partial charge on any atom is 0.415 e. The molecule has 0 radical (unpaired) electrons. The third kappa shape index (κ3) is 6.44. The van der Waals surface area contributed by atoms with E-state index in [4.69, 9.17) is 22.1 Å². The number of nitrogens with zero attached hydrogens (tertiary/aromatic N) is 2. The lowest BCUT2D eigenvalue weighted by Gasteiger charge is -2.43. The Morgan fingerprint density at radius 2 is 2.00 bits per heavy atom. The highest BCUT2D eigenvalue weighted by Gasteiger charge is 2.48. The molecule has 1 aliphatic carbocycles. The molecule has 2 aromatic rings. The Morgan fingerprint density at radius 3 is 2.68 bits per heavy atom. The van der Waals surface area contributed by atoms with Crippen LogP contribution in [0.2, 0.25) is 5.02 Å². The lowest BCUT2D eigenvalue weighted by Crippen LogP contribution is -2.55. The number of aromatic nitrogens is 1. The van der Waals surface area contributed by atoms with Gasteiger partial charge in [-0.15, -0.1) is 0 Å².